The van der Waals surface area contributed by atoms with Crippen LogP contribution < -0.4 is 5.73 Å². The van der Waals surface area contributed by atoms with Gasteiger partial charge in [-0.05, 0) is 40.5 Å². The van der Waals surface area contributed by atoms with Crippen LogP contribution in [0.25, 0.3) is 0 Å². The zero-order valence-electron chi connectivity index (χ0n) is 12.9. The van der Waals surface area contributed by atoms with Crippen molar-refractivity contribution >= 4 is 11.8 Å². The second-order valence-corrected chi connectivity index (χ2v) is 6.93. The Bertz CT molecular complexity index is 459. The first-order valence-electron chi connectivity index (χ1n) is 7.09. The van der Waals surface area contributed by atoms with Crippen LogP contribution >= 0.6 is 11.8 Å². The molecule has 20 heavy (non-hydrogen) atoms. The normalized spacial score (nSPS) is 11.8. The van der Waals surface area contributed by atoms with Crippen molar-refractivity contribution < 1.29 is 0 Å². The smallest absolute Gasteiger partial charge is 0.191 e. The van der Waals surface area contributed by atoms with Gasteiger partial charge in [0.25, 0.3) is 0 Å². The number of hydrogen-bond donors (Lipinski definition) is 1. The molecule has 6 heteroatoms. The maximum atomic E-state index is 8.97. The summed E-state index contributed by atoms with van der Waals surface area (Å²) in [6, 6.07) is 2.66. The lowest BCUT2D eigenvalue weighted by atomic mass is 9.89. The zero-order valence-corrected chi connectivity index (χ0v) is 13.7. The summed E-state index contributed by atoms with van der Waals surface area (Å²) in [5.74, 6) is 1.84. The highest BCUT2D eigenvalue weighted by Gasteiger charge is 2.16. The Morgan fingerprint density at radius 1 is 1.35 bits per heavy atom. The number of unbranched alkanes of at least 4 members (excludes halogenated alkanes) is 1. The molecular formula is C14H25N5S. The maximum absolute atomic E-state index is 8.97. The highest BCUT2D eigenvalue weighted by Crippen LogP contribution is 2.25. The fourth-order valence-corrected chi connectivity index (χ4v) is 3.04. The predicted molar refractivity (Wildman–Crippen MR) is 82.3 cm³/mol. The molecule has 0 radical (unpaired) electrons. The molecule has 0 fully saturated rings. The minimum atomic E-state index is -0.213. The topological polar surface area (TPSA) is 80.5 Å². The Kier molecular flexibility index (Phi) is 6.50. The summed E-state index contributed by atoms with van der Waals surface area (Å²) < 4.78 is 2.10. The average Bonchev–Trinajstić information content (AvgIpc) is 2.81. The van der Waals surface area contributed by atoms with Crippen molar-refractivity contribution in [2.24, 2.45) is 11.1 Å². The third-order valence-electron chi connectivity index (χ3n) is 3.16. The van der Waals surface area contributed by atoms with Gasteiger partial charge in [0, 0.05) is 11.8 Å². The summed E-state index contributed by atoms with van der Waals surface area (Å²) in [6.07, 6.45) is 3.08. The van der Waals surface area contributed by atoms with Crippen LogP contribution in [0.15, 0.2) is 5.16 Å². The lowest BCUT2D eigenvalue weighted by molar-refractivity contribution is 0.433. The van der Waals surface area contributed by atoms with Gasteiger partial charge in [-0.15, -0.1) is 10.2 Å². The number of hydrogen-bond acceptors (Lipinski definition) is 5. The second kappa shape index (κ2) is 7.65. The molecule has 0 aromatic carbocycles. The minimum absolute atomic E-state index is 0.213. The van der Waals surface area contributed by atoms with Crippen molar-refractivity contribution in [1.82, 2.24) is 14.8 Å². The molecule has 112 valence electrons. The monoisotopic (exact) mass is 295 g/mol. The zero-order chi connectivity index (χ0) is 15.2. The van der Waals surface area contributed by atoms with E-state index in [9.17, 15) is 0 Å². The molecule has 0 unspecified atom stereocenters. The molecule has 0 aliphatic rings. The van der Waals surface area contributed by atoms with Crippen LogP contribution in [-0.4, -0.2) is 20.5 Å². The van der Waals surface area contributed by atoms with Crippen LogP contribution in [0.1, 0.15) is 58.8 Å². The number of aromatic nitrogens is 3. The molecule has 1 aromatic rings. The highest BCUT2D eigenvalue weighted by molar-refractivity contribution is 7.99. The van der Waals surface area contributed by atoms with Crippen molar-refractivity contribution in [2.45, 2.75) is 64.7 Å². The van der Waals surface area contributed by atoms with E-state index in [2.05, 4.69) is 34.7 Å². The molecule has 1 aromatic heterocycles. The van der Waals surface area contributed by atoms with E-state index in [-0.39, 0.29) is 5.41 Å². The van der Waals surface area contributed by atoms with Crippen LogP contribution in [0.4, 0.5) is 0 Å². The summed E-state index contributed by atoms with van der Waals surface area (Å²) >= 11 is 1.72. The lowest BCUT2D eigenvalue weighted by Gasteiger charge is -2.14. The third kappa shape index (κ3) is 4.80. The van der Waals surface area contributed by atoms with Gasteiger partial charge >= 0.3 is 0 Å². The fraction of sp³-hybridized carbons (Fsp3) is 0.786. The Morgan fingerprint density at radius 2 is 2.05 bits per heavy atom. The Hall–Kier alpha value is -1.06. The molecule has 2 N–H and O–H groups in total. The fourth-order valence-electron chi connectivity index (χ4n) is 1.95. The summed E-state index contributed by atoms with van der Waals surface area (Å²) in [4.78, 5) is 0. The van der Waals surface area contributed by atoms with Crippen LogP contribution in [0, 0.1) is 16.7 Å². The first-order chi connectivity index (χ1) is 9.41. The number of thioether (sulfide) groups is 1. The largest absolute Gasteiger partial charge is 0.324 e. The molecule has 0 aliphatic heterocycles. The molecule has 0 saturated heterocycles. The van der Waals surface area contributed by atoms with Gasteiger partial charge in [0.1, 0.15) is 5.82 Å². The molecule has 5 nitrogen and oxygen atoms in total. The molecule has 0 aliphatic carbocycles. The number of rotatable bonds is 8. The van der Waals surface area contributed by atoms with Crippen molar-refractivity contribution in [3.8, 4) is 6.07 Å². The molecule has 1 rings (SSSR count). The van der Waals surface area contributed by atoms with E-state index in [0.29, 0.717) is 12.6 Å². The molecule has 0 saturated carbocycles. The number of nitrogens with zero attached hydrogens (tertiary/aromatic N) is 4. The van der Waals surface area contributed by atoms with E-state index in [1.165, 1.54) is 0 Å². The summed E-state index contributed by atoms with van der Waals surface area (Å²) in [5, 5.41) is 18.3. The summed E-state index contributed by atoms with van der Waals surface area (Å²) in [7, 11) is 0. The quantitative estimate of drug-likeness (QED) is 0.588. The van der Waals surface area contributed by atoms with Crippen LogP contribution in [0.2, 0.25) is 0 Å². The van der Waals surface area contributed by atoms with Crippen molar-refractivity contribution in [3.05, 3.63) is 5.82 Å². The minimum Gasteiger partial charge on any atom is -0.324 e. The molecule has 0 amide bonds. The van der Waals surface area contributed by atoms with Gasteiger partial charge in [0.05, 0.1) is 18.0 Å². The molecule has 0 bridgehead atoms. The third-order valence-corrected chi connectivity index (χ3v) is 4.19. The van der Waals surface area contributed by atoms with Gasteiger partial charge in [0.2, 0.25) is 0 Å². The molecule has 0 atom stereocenters. The van der Waals surface area contributed by atoms with Gasteiger partial charge in [-0.2, -0.15) is 5.26 Å². The molecule has 0 spiro atoms. The van der Waals surface area contributed by atoms with Crippen molar-refractivity contribution in [2.75, 3.05) is 5.75 Å². The van der Waals surface area contributed by atoms with Crippen LogP contribution in [-0.2, 0) is 6.54 Å². The predicted octanol–water partition coefficient (Wildman–Crippen LogP) is 3.13. The average molecular weight is 295 g/mol. The first kappa shape index (κ1) is 17.0. The van der Waals surface area contributed by atoms with E-state index in [4.69, 9.17) is 11.0 Å². The maximum Gasteiger partial charge on any atom is 0.191 e. The van der Waals surface area contributed by atoms with Gasteiger partial charge < -0.3 is 10.3 Å². The SMILES string of the molecule is CC(C)n1c(CN)nnc1SCCCCC(C)(C)C#N. The summed E-state index contributed by atoms with van der Waals surface area (Å²) in [6.45, 7) is 8.62. The first-order valence-corrected chi connectivity index (χ1v) is 8.07. The highest BCUT2D eigenvalue weighted by atomic mass is 32.2. The van der Waals surface area contributed by atoms with Crippen LogP contribution in [0.3, 0.4) is 0 Å². The van der Waals surface area contributed by atoms with Gasteiger partial charge in [-0.3, -0.25) is 0 Å². The Morgan fingerprint density at radius 3 is 2.60 bits per heavy atom. The van der Waals surface area contributed by atoms with E-state index in [1.54, 1.807) is 11.8 Å². The lowest BCUT2D eigenvalue weighted by Crippen LogP contribution is -2.11. The van der Waals surface area contributed by atoms with Gasteiger partial charge in [-0.1, -0.05) is 18.2 Å². The molecule has 1 heterocycles. The molecular weight excluding hydrogens is 270 g/mol. The summed E-state index contributed by atoms with van der Waals surface area (Å²) in [5.41, 5.74) is 5.47. The van der Waals surface area contributed by atoms with Gasteiger partial charge in [0.15, 0.2) is 5.16 Å². The van der Waals surface area contributed by atoms with Gasteiger partial charge in [-0.25, -0.2) is 0 Å². The van der Waals surface area contributed by atoms with E-state index in [1.807, 2.05) is 13.8 Å². The van der Waals surface area contributed by atoms with Crippen molar-refractivity contribution in [1.29, 1.82) is 5.26 Å². The number of nitrogens with two attached hydrogens (primary N) is 1. The van der Waals surface area contributed by atoms with Crippen LogP contribution in [0.5, 0.6) is 0 Å². The second-order valence-electron chi connectivity index (χ2n) is 5.87. The Balaban J connectivity index is 2.44. The van der Waals surface area contributed by atoms with E-state index >= 15 is 0 Å². The number of nitriles is 1. The standard InChI is InChI=1S/C14H25N5S/c1-11(2)19-12(9-15)17-18-13(19)20-8-6-5-7-14(3,4)10-16/h11H,5-9,15H2,1-4H3. The van der Waals surface area contributed by atoms with Crippen molar-refractivity contribution in [3.63, 3.8) is 0 Å². The Labute approximate surface area is 125 Å². The van der Waals surface area contributed by atoms with E-state index < -0.39 is 0 Å². The van der Waals surface area contributed by atoms with E-state index in [0.717, 1.165) is 36.0 Å².